The molecule has 1 atom stereocenters. The molecular weight excluding hydrogens is 331 g/mol. The Kier molecular flexibility index (Phi) is 4.02. The first-order valence-corrected chi connectivity index (χ1v) is 7.58. The summed E-state index contributed by atoms with van der Waals surface area (Å²) < 4.78 is 40.2. The van der Waals surface area contributed by atoms with E-state index in [9.17, 15) is 18.0 Å². The first kappa shape index (κ1) is 17.0. The van der Waals surface area contributed by atoms with Crippen LogP contribution >= 0.6 is 0 Å². The van der Waals surface area contributed by atoms with Crippen molar-refractivity contribution in [3.05, 3.63) is 59.4 Å². The number of nitrogens with two attached hydrogens (primary N) is 1. The summed E-state index contributed by atoms with van der Waals surface area (Å²) in [6.07, 6.45) is 0.111. The normalized spacial score (nSPS) is 20.6. The number of rotatable bonds is 2. The van der Waals surface area contributed by atoms with Crippen LogP contribution in [0.2, 0.25) is 0 Å². The van der Waals surface area contributed by atoms with Crippen LogP contribution in [-0.2, 0) is 10.3 Å². The predicted molar refractivity (Wildman–Crippen MR) is 88.1 cm³/mol. The van der Waals surface area contributed by atoms with Crippen molar-refractivity contribution in [2.45, 2.75) is 18.9 Å². The highest BCUT2D eigenvalue weighted by Gasteiger charge is 2.36. The van der Waals surface area contributed by atoms with Gasteiger partial charge in [-0.3, -0.25) is 9.69 Å². The number of amides is 1. The van der Waals surface area contributed by atoms with Gasteiger partial charge in [0, 0.05) is 7.05 Å². The van der Waals surface area contributed by atoms with Crippen LogP contribution in [0.4, 0.5) is 13.2 Å². The van der Waals surface area contributed by atoms with Gasteiger partial charge in [0.25, 0.3) is 0 Å². The van der Waals surface area contributed by atoms with Crippen molar-refractivity contribution < 1.29 is 18.0 Å². The Hall–Kier alpha value is -2.83. The number of hydrogen-bond acceptors (Lipinski definition) is 3. The molecule has 1 unspecified atom stereocenters. The van der Waals surface area contributed by atoms with Crippen LogP contribution in [0.15, 0.2) is 41.4 Å². The van der Waals surface area contributed by atoms with Gasteiger partial charge in [0.15, 0.2) is 23.4 Å². The Morgan fingerprint density at radius 2 is 1.76 bits per heavy atom. The summed E-state index contributed by atoms with van der Waals surface area (Å²) in [7, 11) is 1.54. The zero-order valence-electron chi connectivity index (χ0n) is 13.7. The molecule has 0 saturated heterocycles. The Morgan fingerprint density at radius 1 is 1.12 bits per heavy atom. The molecule has 2 aromatic rings. The zero-order chi connectivity index (χ0) is 18.4. The Morgan fingerprint density at radius 3 is 2.36 bits per heavy atom. The van der Waals surface area contributed by atoms with E-state index in [2.05, 4.69) is 4.99 Å². The first-order valence-electron chi connectivity index (χ1n) is 7.58. The molecule has 2 aromatic carbocycles. The molecule has 0 aromatic heterocycles. The van der Waals surface area contributed by atoms with Crippen LogP contribution in [0.5, 0.6) is 0 Å². The lowest BCUT2D eigenvalue weighted by molar-refractivity contribution is -0.128. The minimum absolute atomic E-state index is 0.100. The predicted octanol–water partition coefficient (Wildman–Crippen LogP) is 3.16. The Balaban J connectivity index is 2.07. The van der Waals surface area contributed by atoms with Crippen LogP contribution in [0.3, 0.4) is 0 Å². The maximum Gasteiger partial charge on any atom is 0.231 e. The van der Waals surface area contributed by atoms with E-state index in [0.29, 0.717) is 11.1 Å². The minimum Gasteiger partial charge on any atom is -0.369 e. The summed E-state index contributed by atoms with van der Waals surface area (Å²) in [5, 5.41) is 0. The number of hydrogen-bond donors (Lipinski definition) is 1. The highest BCUT2D eigenvalue weighted by atomic mass is 19.2. The highest BCUT2D eigenvalue weighted by molar-refractivity contribution is 5.98. The third-order valence-corrected chi connectivity index (χ3v) is 4.38. The molecule has 130 valence electrons. The molecule has 1 amide bonds. The molecule has 0 saturated carbocycles. The third-order valence-electron chi connectivity index (χ3n) is 4.38. The summed E-state index contributed by atoms with van der Waals surface area (Å²) in [4.78, 5) is 17.8. The van der Waals surface area contributed by atoms with Gasteiger partial charge in [-0.15, -0.1) is 0 Å². The maximum atomic E-state index is 13.5. The van der Waals surface area contributed by atoms with Crippen molar-refractivity contribution in [1.82, 2.24) is 4.90 Å². The second kappa shape index (κ2) is 5.91. The fourth-order valence-electron chi connectivity index (χ4n) is 2.83. The number of guanidine groups is 1. The van der Waals surface area contributed by atoms with Crippen molar-refractivity contribution in [3.63, 3.8) is 0 Å². The smallest absolute Gasteiger partial charge is 0.231 e. The van der Waals surface area contributed by atoms with Crippen LogP contribution < -0.4 is 5.73 Å². The largest absolute Gasteiger partial charge is 0.369 e. The molecule has 3 rings (SSSR count). The number of aliphatic imine (C=N–C) groups is 1. The average molecular weight is 347 g/mol. The molecule has 0 spiro atoms. The molecule has 25 heavy (non-hydrogen) atoms. The lowest BCUT2D eigenvalue weighted by atomic mass is 9.86. The van der Waals surface area contributed by atoms with Crippen molar-refractivity contribution in [3.8, 4) is 11.1 Å². The fourth-order valence-corrected chi connectivity index (χ4v) is 2.83. The molecule has 1 aliphatic heterocycles. The van der Waals surface area contributed by atoms with E-state index in [1.165, 1.54) is 4.90 Å². The van der Waals surface area contributed by atoms with Gasteiger partial charge in [-0.05, 0) is 41.8 Å². The fraction of sp³-hybridized carbons (Fsp3) is 0.222. The lowest BCUT2D eigenvalue weighted by Crippen LogP contribution is -2.47. The molecule has 0 radical (unpaired) electrons. The first-order chi connectivity index (χ1) is 11.7. The molecule has 1 heterocycles. The molecule has 1 aliphatic rings. The quantitative estimate of drug-likeness (QED) is 0.849. The average Bonchev–Trinajstić information content (AvgIpc) is 2.57. The van der Waals surface area contributed by atoms with E-state index in [1.54, 1.807) is 38.2 Å². The molecule has 0 aliphatic carbocycles. The second-order valence-electron chi connectivity index (χ2n) is 6.21. The second-order valence-corrected chi connectivity index (χ2v) is 6.21. The van der Waals surface area contributed by atoms with Crippen molar-refractivity contribution >= 4 is 11.9 Å². The number of halogens is 3. The molecule has 2 N–H and O–H groups in total. The van der Waals surface area contributed by atoms with Gasteiger partial charge in [0.1, 0.15) is 0 Å². The standard InChI is InChI=1S/C18H16F3N3O/c1-18(9-15(25)24(2)17(22)23-18)12-5-3-4-10(6-12)11-7-13(19)16(21)14(20)8-11/h3-8H,9H2,1-2H3,(H2,22,23). The summed E-state index contributed by atoms with van der Waals surface area (Å²) in [5.41, 5.74) is 6.26. The summed E-state index contributed by atoms with van der Waals surface area (Å²) in [6.45, 7) is 1.76. The molecule has 7 heteroatoms. The summed E-state index contributed by atoms with van der Waals surface area (Å²) in [6, 6.07) is 8.61. The third kappa shape index (κ3) is 2.97. The molecule has 0 fully saturated rings. The van der Waals surface area contributed by atoms with Gasteiger partial charge in [-0.1, -0.05) is 18.2 Å². The SMILES string of the molecule is CN1C(=O)CC(C)(c2cccc(-c3cc(F)c(F)c(F)c3)c2)N=C1N. The lowest BCUT2D eigenvalue weighted by Gasteiger charge is -2.33. The zero-order valence-corrected chi connectivity index (χ0v) is 13.7. The Bertz CT molecular complexity index is 874. The number of carbonyl (C=O) groups excluding carboxylic acids is 1. The van der Waals surface area contributed by atoms with E-state index < -0.39 is 23.0 Å². The van der Waals surface area contributed by atoms with E-state index in [4.69, 9.17) is 5.73 Å². The van der Waals surface area contributed by atoms with E-state index >= 15 is 0 Å². The van der Waals surface area contributed by atoms with Crippen molar-refractivity contribution in [2.75, 3.05) is 7.05 Å². The van der Waals surface area contributed by atoms with Gasteiger partial charge in [0.05, 0.1) is 12.0 Å². The van der Waals surface area contributed by atoms with Crippen molar-refractivity contribution in [1.29, 1.82) is 0 Å². The van der Waals surface area contributed by atoms with Crippen LogP contribution in [0.1, 0.15) is 18.9 Å². The maximum absolute atomic E-state index is 13.5. The van der Waals surface area contributed by atoms with Crippen LogP contribution in [0, 0.1) is 17.5 Å². The summed E-state index contributed by atoms with van der Waals surface area (Å²) in [5.74, 6) is -4.11. The minimum atomic E-state index is -1.51. The molecule has 4 nitrogen and oxygen atoms in total. The monoisotopic (exact) mass is 347 g/mol. The number of benzene rings is 2. The highest BCUT2D eigenvalue weighted by Crippen LogP contribution is 2.35. The topological polar surface area (TPSA) is 58.7 Å². The van der Waals surface area contributed by atoms with Gasteiger partial charge < -0.3 is 5.73 Å². The Labute approximate surface area is 142 Å². The van der Waals surface area contributed by atoms with Crippen LogP contribution in [-0.4, -0.2) is 23.8 Å². The number of nitrogens with zero attached hydrogens (tertiary/aromatic N) is 2. The van der Waals surface area contributed by atoms with Gasteiger partial charge in [-0.2, -0.15) is 0 Å². The van der Waals surface area contributed by atoms with Crippen molar-refractivity contribution in [2.24, 2.45) is 10.7 Å². The number of carbonyl (C=O) groups is 1. The van der Waals surface area contributed by atoms with Gasteiger partial charge in [-0.25, -0.2) is 18.2 Å². The van der Waals surface area contributed by atoms with Gasteiger partial charge in [0.2, 0.25) is 5.91 Å². The molecular formula is C18H16F3N3O. The summed E-state index contributed by atoms with van der Waals surface area (Å²) >= 11 is 0. The van der Waals surface area contributed by atoms with E-state index in [0.717, 1.165) is 12.1 Å². The van der Waals surface area contributed by atoms with Gasteiger partial charge >= 0.3 is 0 Å². The van der Waals surface area contributed by atoms with E-state index in [-0.39, 0.29) is 23.9 Å². The van der Waals surface area contributed by atoms with E-state index in [1.807, 2.05) is 0 Å². The van der Waals surface area contributed by atoms with Crippen LogP contribution in [0.25, 0.3) is 11.1 Å². The molecule has 0 bridgehead atoms.